The summed E-state index contributed by atoms with van der Waals surface area (Å²) in [7, 11) is 0. The SMILES string of the molecule is O=C(C1CCOCC1)N1CCCC[C@@H]1c1nc2c(c(=O)[nH]1)CN(C1CCCCC1)CC2. The highest BCUT2D eigenvalue weighted by Crippen LogP contribution is 2.33. The van der Waals surface area contributed by atoms with Crippen LogP contribution in [0.15, 0.2) is 4.79 Å². The first-order valence-corrected chi connectivity index (χ1v) is 12.4. The number of aromatic nitrogens is 2. The van der Waals surface area contributed by atoms with Gasteiger partial charge in [0.2, 0.25) is 5.91 Å². The van der Waals surface area contributed by atoms with Crippen LogP contribution in [0.3, 0.4) is 0 Å². The third-order valence-electron chi connectivity index (χ3n) is 7.88. The van der Waals surface area contributed by atoms with Crippen molar-refractivity contribution in [3.63, 3.8) is 0 Å². The molecule has 4 aliphatic rings. The van der Waals surface area contributed by atoms with E-state index in [0.717, 1.165) is 69.4 Å². The topological polar surface area (TPSA) is 78.5 Å². The number of amides is 1. The molecule has 170 valence electrons. The van der Waals surface area contributed by atoms with Gasteiger partial charge in [-0.1, -0.05) is 19.3 Å². The minimum atomic E-state index is -0.0986. The van der Waals surface area contributed by atoms with Gasteiger partial charge in [-0.3, -0.25) is 14.5 Å². The molecular weight excluding hydrogens is 392 g/mol. The van der Waals surface area contributed by atoms with Crippen LogP contribution in [-0.2, 0) is 22.5 Å². The lowest BCUT2D eigenvalue weighted by molar-refractivity contribution is -0.142. The summed E-state index contributed by atoms with van der Waals surface area (Å²) in [5, 5.41) is 0. The Morgan fingerprint density at radius 2 is 1.74 bits per heavy atom. The molecule has 1 aliphatic carbocycles. The van der Waals surface area contributed by atoms with E-state index in [9.17, 15) is 9.59 Å². The summed E-state index contributed by atoms with van der Waals surface area (Å²) in [5.74, 6) is 0.967. The Hall–Kier alpha value is -1.73. The maximum Gasteiger partial charge on any atom is 0.255 e. The molecule has 3 fully saturated rings. The van der Waals surface area contributed by atoms with E-state index in [-0.39, 0.29) is 23.4 Å². The molecule has 1 aromatic heterocycles. The van der Waals surface area contributed by atoms with Gasteiger partial charge < -0.3 is 14.6 Å². The number of aromatic amines is 1. The Bertz CT molecular complexity index is 842. The number of hydrogen-bond donors (Lipinski definition) is 1. The maximum atomic E-state index is 13.3. The molecule has 0 aromatic carbocycles. The number of carbonyl (C=O) groups is 1. The number of piperidine rings is 1. The molecule has 7 heteroatoms. The van der Waals surface area contributed by atoms with E-state index < -0.39 is 0 Å². The Morgan fingerprint density at radius 3 is 2.55 bits per heavy atom. The lowest BCUT2D eigenvalue weighted by Gasteiger charge is -2.39. The number of rotatable bonds is 3. The van der Waals surface area contributed by atoms with Crippen molar-refractivity contribution in [2.75, 3.05) is 26.3 Å². The molecule has 1 atom stereocenters. The second-order valence-electron chi connectivity index (χ2n) is 9.82. The Kier molecular flexibility index (Phi) is 6.41. The molecule has 1 saturated carbocycles. The minimum Gasteiger partial charge on any atom is -0.381 e. The third-order valence-corrected chi connectivity index (χ3v) is 7.88. The van der Waals surface area contributed by atoms with Gasteiger partial charge >= 0.3 is 0 Å². The fourth-order valence-corrected chi connectivity index (χ4v) is 6.04. The Morgan fingerprint density at radius 1 is 0.968 bits per heavy atom. The van der Waals surface area contributed by atoms with Crippen LogP contribution >= 0.6 is 0 Å². The third kappa shape index (κ3) is 4.44. The average Bonchev–Trinajstić information content (AvgIpc) is 2.84. The molecule has 1 N–H and O–H groups in total. The van der Waals surface area contributed by atoms with E-state index in [0.29, 0.717) is 25.1 Å². The van der Waals surface area contributed by atoms with Crippen LogP contribution in [-0.4, -0.2) is 58.0 Å². The molecule has 0 radical (unpaired) electrons. The first kappa shape index (κ1) is 21.1. The van der Waals surface area contributed by atoms with Crippen LogP contribution in [0, 0.1) is 5.92 Å². The summed E-state index contributed by atoms with van der Waals surface area (Å²) >= 11 is 0. The van der Waals surface area contributed by atoms with Gasteiger partial charge in [-0.05, 0) is 44.9 Å². The molecule has 2 saturated heterocycles. The Labute approximate surface area is 184 Å². The number of nitrogens with one attached hydrogen (secondary N) is 1. The summed E-state index contributed by atoms with van der Waals surface area (Å²) in [6.07, 6.45) is 11.9. The molecule has 7 nitrogen and oxygen atoms in total. The molecule has 31 heavy (non-hydrogen) atoms. The highest BCUT2D eigenvalue weighted by atomic mass is 16.5. The quantitative estimate of drug-likeness (QED) is 0.801. The van der Waals surface area contributed by atoms with Crippen LogP contribution < -0.4 is 5.56 Å². The second kappa shape index (κ2) is 9.41. The number of nitrogens with zero attached hydrogens (tertiary/aromatic N) is 3. The van der Waals surface area contributed by atoms with Gasteiger partial charge in [-0.25, -0.2) is 4.98 Å². The van der Waals surface area contributed by atoms with Crippen molar-refractivity contribution in [1.82, 2.24) is 19.8 Å². The number of fused-ring (bicyclic) bond motifs is 1. The highest BCUT2D eigenvalue weighted by Gasteiger charge is 2.35. The highest BCUT2D eigenvalue weighted by molar-refractivity contribution is 5.79. The summed E-state index contributed by atoms with van der Waals surface area (Å²) < 4.78 is 5.44. The van der Waals surface area contributed by atoms with E-state index >= 15 is 0 Å². The smallest absolute Gasteiger partial charge is 0.255 e. The van der Waals surface area contributed by atoms with Crippen LogP contribution in [0.2, 0.25) is 0 Å². The van der Waals surface area contributed by atoms with E-state index in [1.165, 1.54) is 32.1 Å². The first-order chi connectivity index (χ1) is 15.2. The lowest BCUT2D eigenvalue weighted by Crippen LogP contribution is -2.45. The number of hydrogen-bond acceptors (Lipinski definition) is 5. The molecule has 3 aliphatic heterocycles. The van der Waals surface area contributed by atoms with Crippen LogP contribution in [0.4, 0.5) is 0 Å². The fourth-order valence-electron chi connectivity index (χ4n) is 6.04. The zero-order valence-electron chi connectivity index (χ0n) is 18.6. The second-order valence-corrected chi connectivity index (χ2v) is 9.82. The van der Waals surface area contributed by atoms with E-state index in [4.69, 9.17) is 9.72 Å². The molecule has 0 bridgehead atoms. The fraction of sp³-hybridized carbons (Fsp3) is 0.792. The zero-order chi connectivity index (χ0) is 21.2. The van der Waals surface area contributed by atoms with Gasteiger partial charge in [0.1, 0.15) is 5.82 Å². The monoisotopic (exact) mass is 428 g/mol. The van der Waals surface area contributed by atoms with Crippen LogP contribution in [0.25, 0.3) is 0 Å². The van der Waals surface area contributed by atoms with Gasteiger partial charge in [-0.2, -0.15) is 0 Å². The van der Waals surface area contributed by atoms with Crippen molar-refractivity contribution in [3.8, 4) is 0 Å². The lowest BCUT2D eigenvalue weighted by atomic mass is 9.92. The van der Waals surface area contributed by atoms with Crippen molar-refractivity contribution in [2.45, 2.75) is 89.3 Å². The summed E-state index contributed by atoms with van der Waals surface area (Å²) in [4.78, 5) is 38.9. The van der Waals surface area contributed by atoms with Crippen molar-refractivity contribution in [2.24, 2.45) is 5.92 Å². The van der Waals surface area contributed by atoms with Gasteiger partial charge in [-0.15, -0.1) is 0 Å². The van der Waals surface area contributed by atoms with Crippen molar-refractivity contribution in [3.05, 3.63) is 27.4 Å². The van der Waals surface area contributed by atoms with Crippen molar-refractivity contribution >= 4 is 5.91 Å². The van der Waals surface area contributed by atoms with Gasteiger partial charge in [0, 0.05) is 51.2 Å². The maximum absolute atomic E-state index is 13.3. The zero-order valence-corrected chi connectivity index (χ0v) is 18.6. The summed E-state index contributed by atoms with van der Waals surface area (Å²) in [6.45, 7) is 3.80. The molecule has 1 aromatic rings. The predicted octanol–water partition coefficient (Wildman–Crippen LogP) is 2.94. The van der Waals surface area contributed by atoms with Crippen molar-refractivity contribution in [1.29, 1.82) is 0 Å². The van der Waals surface area contributed by atoms with Crippen LogP contribution in [0.1, 0.15) is 87.3 Å². The van der Waals surface area contributed by atoms with E-state index in [1.807, 2.05) is 4.90 Å². The molecule has 0 unspecified atom stereocenters. The van der Waals surface area contributed by atoms with Crippen molar-refractivity contribution < 1.29 is 9.53 Å². The number of H-pyrrole nitrogens is 1. The summed E-state index contributed by atoms with van der Waals surface area (Å²) in [5.41, 5.74) is 1.80. The van der Waals surface area contributed by atoms with Gasteiger partial charge in [0.15, 0.2) is 0 Å². The van der Waals surface area contributed by atoms with E-state index in [1.54, 1.807) is 0 Å². The molecular formula is C24H36N4O3. The first-order valence-electron chi connectivity index (χ1n) is 12.4. The normalized spacial score (nSPS) is 26.6. The predicted molar refractivity (Wildman–Crippen MR) is 118 cm³/mol. The Balaban J connectivity index is 1.35. The molecule has 5 rings (SSSR count). The number of carbonyl (C=O) groups excluding carboxylic acids is 1. The average molecular weight is 429 g/mol. The van der Waals surface area contributed by atoms with Gasteiger partial charge in [0.25, 0.3) is 5.56 Å². The van der Waals surface area contributed by atoms with Crippen LogP contribution in [0.5, 0.6) is 0 Å². The molecule has 1 amide bonds. The molecule has 4 heterocycles. The molecule has 0 spiro atoms. The van der Waals surface area contributed by atoms with Gasteiger partial charge in [0.05, 0.1) is 17.3 Å². The standard InChI is InChI=1S/C24H36N4O3/c29-23-19-16-27(18-6-2-1-3-7-18)13-9-20(19)25-22(26-23)21-8-4-5-12-28(21)24(30)17-10-14-31-15-11-17/h17-18,21H,1-16H2,(H,25,26,29)/t21-/m1/s1. The minimum absolute atomic E-state index is 0.00421. The number of ether oxygens (including phenoxy) is 1. The number of likely N-dealkylation sites (tertiary alicyclic amines) is 1. The largest absolute Gasteiger partial charge is 0.381 e. The summed E-state index contributed by atoms with van der Waals surface area (Å²) in [6, 6.07) is 0.519. The van der Waals surface area contributed by atoms with E-state index in [2.05, 4.69) is 9.88 Å².